The smallest absolute Gasteiger partial charge is 0.490 e. The number of aliphatic carboxylic acids is 1. The molecule has 0 spiro atoms. The van der Waals surface area contributed by atoms with Gasteiger partial charge in [-0.25, -0.2) is 4.79 Å². The van der Waals surface area contributed by atoms with Gasteiger partial charge in [0, 0.05) is 84.0 Å². The summed E-state index contributed by atoms with van der Waals surface area (Å²) in [5.41, 5.74) is 0.644. The maximum atomic E-state index is 13.4. The van der Waals surface area contributed by atoms with E-state index in [1.54, 1.807) is 0 Å². The van der Waals surface area contributed by atoms with Crippen LogP contribution in [0, 0.1) is 0 Å². The predicted octanol–water partition coefficient (Wildman–Crippen LogP) is 2.01. The minimum absolute atomic E-state index is 0.0163. The average Bonchev–Trinajstić information content (AvgIpc) is 2.94. The third-order valence-electron chi connectivity index (χ3n) is 6.74. The lowest BCUT2D eigenvalue weighted by atomic mass is 10.1. The molecule has 0 unspecified atom stereocenters. The molecule has 2 aliphatic heterocycles. The van der Waals surface area contributed by atoms with E-state index >= 15 is 0 Å². The molecule has 0 aromatic heterocycles. The highest BCUT2D eigenvalue weighted by molar-refractivity contribution is 5.94. The van der Waals surface area contributed by atoms with Crippen molar-refractivity contribution in [1.29, 1.82) is 0 Å². The number of alkyl halides is 3. The zero-order valence-electron chi connectivity index (χ0n) is 23.4. The predicted molar refractivity (Wildman–Crippen MR) is 144 cm³/mol. The van der Waals surface area contributed by atoms with Crippen LogP contribution in [0.3, 0.4) is 0 Å². The number of rotatable bonds is 11. The number of ether oxygens (including phenoxy) is 1. The van der Waals surface area contributed by atoms with Crippen LogP contribution in [0.4, 0.5) is 13.2 Å². The first-order chi connectivity index (χ1) is 19.0. The van der Waals surface area contributed by atoms with Crippen LogP contribution >= 0.6 is 0 Å². The van der Waals surface area contributed by atoms with Crippen LogP contribution in [0.15, 0.2) is 24.3 Å². The monoisotopic (exact) mass is 573 g/mol. The largest absolute Gasteiger partial charge is 0.494 e. The molecule has 2 heterocycles. The normalized spacial score (nSPS) is 16.6. The molecule has 13 heteroatoms. The van der Waals surface area contributed by atoms with Gasteiger partial charge in [0.25, 0.3) is 5.91 Å². The highest BCUT2D eigenvalue weighted by Crippen LogP contribution is 2.15. The Morgan fingerprint density at radius 3 is 2.15 bits per heavy atom. The summed E-state index contributed by atoms with van der Waals surface area (Å²) in [6.07, 6.45) is -2.61. The summed E-state index contributed by atoms with van der Waals surface area (Å²) >= 11 is 0. The molecule has 0 saturated carbocycles. The van der Waals surface area contributed by atoms with Crippen molar-refractivity contribution in [2.45, 2.75) is 32.4 Å². The van der Waals surface area contributed by atoms with E-state index in [-0.39, 0.29) is 11.8 Å². The summed E-state index contributed by atoms with van der Waals surface area (Å²) < 4.78 is 37.5. The van der Waals surface area contributed by atoms with E-state index in [4.69, 9.17) is 14.6 Å². The van der Waals surface area contributed by atoms with Crippen LogP contribution in [0.2, 0.25) is 0 Å². The highest BCUT2D eigenvalue weighted by atomic mass is 19.4. The van der Waals surface area contributed by atoms with Gasteiger partial charge in [0.1, 0.15) is 5.75 Å². The van der Waals surface area contributed by atoms with Gasteiger partial charge in [-0.15, -0.1) is 0 Å². The minimum Gasteiger partial charge on any atom is -0.494 e. The number of carbonyl (C=O) groups is 3. The second kappa shape index (κ2) is 17.0. The summed E-state index contributed by atoms with van der Waals surface area (Å²) in [6.45, 7) is 12.0. The molecule has 3 rings (SSSR count). The fourth-order valence-corrected chi connectivity index (χ4v) is 4.16. The molecule has 0 aliphatic carbocycles. The minimum atomic E-state index is -5.08. The van der Waals surface area contributed by atoms with Gasteiger partial charge < -0.3 is 29.9 Å². The van der Waals surface area contributed by atoms with Crippen LogP contribution in [0.1, 0.15) is 36.5 Å². The lowest BCUT2D eigenvalue weighted by molar-refractivity contribution is -0.192. The molecule has 2 N–H and O–H groups in total. The van der Waals surface area contributed by atoms with Gasteiger partial charge in [-0.1, -0.05) is 13.3 Å². The fraction of sp³-hybridized carbons (Fsp3) is 0.667. The first-order valence-electron chi connectivity index (χ1n) is 13.7. The zero-order chi connectivity index (χ0) is 29.5. The Balaban J connectivity index is 0.000000708. The average molecular weight is 574 g/mol. The summed E-state index contributed by atoms with van der Waals surface area (Å²) in [5.74, 6) is -1.85. The van der Waals surface area contributed by atoms with Gasteiger partial charge in [-0.3, -0.25) is 14.5 Å². The van der Waals surface area contributed by atoms with Crippen LogP contribution in [0.5, 0.6) is 5.75 Å². The van der Waals surface area contributed by atoms with Crippen molar-refractivity contribution in [1.82, 2.24) is 24.9 Å². The Labute approximate surface area is 234 Å². The van der Waals surface area contributed by atoms with Gasteiger partial charge in [0.15, 0.2) is 0 Å². The number of unbranched alkanes of at least 4 members (excludes halogenated alkanes) is 1. The van der Waals surface area contributed by atoms with E-state index in [2.05, 4.69) is 29.1 Å². The first-order valence-corrected chi connectivity index (χ1v) is 13.7. The second-order valence-electron chi connectivity index (χ2n) is 9.85. The van der Waals surface area contributed by atoms with E-state index in [0.29, 0.717) is 31.7 Å². The molecule has 2 saturated heterocycles. The molecule has 1 aromatic rings. The number of nitrogens with zero attached hydrogens (tertiary/aromatic N) is 4. The fourth-order valence-electron chi connectivity index (χ4n) is 4.16. The van der Waals surface area contributed by atoms with Gasteiger partial charge in [0.05, 0.1) is 6.61 Å². The standard InChI is InChI=1S/C25H41N5O3.C2HF3O2/c1-3-4-21-33-23-7-5-22(6-8-23)25(32)30(20-19-28-17-15-27(2)16-18-28)12-9-24(31)29-13-10-26-11-14-29;3-2(4,5)1(6)7/h5-8,26H,3-4,9-21H2,1-2H3;(H,6,7). The van der Waals surface area contributed by atoms with E-state index in [1.165, 1.54) is 0 Å². The Morgan fingerprint density at radius 2 is 1.60 bits per heavy atom. The molecule has 2 fully saturated rings. The topological polar surface area (TPSA) is 106 Å². The Bertz CT molecular complexity index is 918. The number of carboxylic acid groups (broad SMARTS) is 1. The zero-order valence-corrected chi connectivity index (χ0v) is 23.4. The van der Waals surface area contributed by atoms with Gasteiger partial charge in [0.2, 0.25) is 5.91 Å². The van der Waals surface area contributed by atoms with E-state index < -0.39 is 12.1 Å². The van der Waals surface area contributed by atoms with Gasteiger partial charge in [-0.2, -0.15) is 13.2 Å². The number of halogens is 3. The van der Waals surface area contributed by atoms with Crippen LogP contribution in [-0.2, 0) is 9.59 Å². The van der Waals surface area contributed by atoms with Crippen molar-refractivity contribution in [3.63, 3.8) is 0 Å². The molecule has 0 bridgehead atoms. The number of likely N-dealkylation sites (N-methyl/N-ethyl adjacent to an activating group) is 1. The summed E-state index contributed by atoms with van der Waals surface area (Å²) in [6, 6.07) is 7.41. The maximum absolute atomic E-state index is 13.4. The Hall–Kier alpha value is -2.90. The van der Waals surface area contributed by atoms with Crippen molar-refractivity contribution in [2.24, 2.45) is 0 Å². The van der Waals surface area contributed by atoms with Crippen molar-refractivity contribution < 1.29 is 37.4 Å². The van der Waals surface area contributed by atoms with Crippen molar-refractivity contribution in [3.8, 4) is 5.75 Å². The van der Waals surface area contributed by atoms with Crippen LogP contribution in [-0.4, -0.2) is 134 Å². The molecule has 226 valence electrons. The van der Waals surface area contributed by atoms with Crippen LogP contribution < -0.4 is 10.1 Å². The number of carboxylic acids is 1. The number of hydrogen-bond donors (Lipinski definition) is 2. The van der Waals surface area contributed by atoms with Gasteiger partial charge >= 0.3 is 12.1 Å². The third-order valence-corrected chi connectivity index (χ3v) is 6.74. The first kappa shape index (κ1) is 33.3. The SMILES string of the molecule is CCCCOc1ccc(C(=O)N(CCC(=O)N2CCNCC2)CCN2CCN(C)CC2)cc1.O=C(O)C(F)(F)F. The van der Waals surface area contributed by atoms with Crippen LogP contribution in [0.25, 0.3) is 0 Å². The lowest BCUT2D eigenvalue weighted by Gasteiger charge is -2.34. The molecule has 2 aliphatic rings. The summed E-state index contributed by atoms with van der Waals surface area (Å²) in [7, 11) is 2.14. The number of hydrogen-bond acceptors (Lipinski definition) is 7. The number of piperazine rings is 2. The lowest BCUT2D eigenvalue weighted by Crippen LogP contribution is -2.49. The molecular formula is C27H42F3N5O5. The maximum Gasteiger partial charge on any atom is 0.490 e. The van der Waals surface area contributed by atoms with Gasteiger partial charge in [-0.05, 0) is 37.7 Å². The highest BCUT2D eigenvalue weighted by Gasteiger charge is 2.38. The molecule has 0 radical (unpaired) electrons. The second-order valence-corrected chi connectivity index (χ2v) is 9.85. The van der Waals surface area contributed by atoms with E-state index in [9.17, 15) is 22.8 Å². The Kier molecular flexibility index (Phi) is 14.2. The van der Waals surface area contributed by atoms with E-state index in [0.717, 1.165) is 77.5 Å². The molecule has 10 nitrogen and oxygen atoms in total. The summed E-state index contributed by atoms with van der Waals surface area (Å²) in [5, 5.41) is 10.4. The molecule has 2 amide bonds. The van der Waals surface area contributed by atoms with Crippen molar-refractivity contribution in [3.05, 3.63) is 29.8 Å². The Morgan fingerprint density at radius 1 is 1.00 bits per heavy atom. The molecule has 1 aromatic carbocycles. The number of amides is 2. The third kappa shape index (κ3) is 12.1. The molecule has 40 heavy (non-hydrogen) atoms. The number of benzene rings is 1. The van der Waals surface area contributed by atoms with E-state index in [1.807, 2.05) is 34.1 Å². The number of nitrogens with one attached hydrogen (secondary N) is 1. The van der Waals surface area contributed by atoms with Crippen molar-refractivity contribution in [2.75, 3.05) is 85.6 Å². The quantitative estimate of drug-likeness (QED) is 0.388. The number of carbonyl (C=O) groups excluding carboxylic acids is 2. The van der Waals surface area contributed by atoms with Crippen molar-refractivity contribution >= 4 is 17.8 Å². The summed E-state index contributed by atoms with van der Waals surface area (Å²) in [4.78, 5) is 43.4. The molecular weight excluding hydrogens is 531 g/mol. The molecule has 0 atom stereocenters.